The van der Waals surface area contributed by atoms with Crippen LogP contribution in [0.5, 0.6) is 17.6 Å². The molecule has 5 nitrogen and oxygen atoms in total. The summed E-state index contributed by atoms with van der Waals surface area (Å²) in [4.78, 5) is 8.60. The average Bonchev–Trinajstić information content (AvgIpc) is 2.47. The van der Waals surface area contributed by atoms with Gasteiger partial charge in [0.05, 0.1) is 12.3 Å². The first-order valence-corrected chi connectivity index (χ1v) is 7.28. The Bertz CT molecular complexity index is 643. The van der Waals surface area contributed by atoms with Gasteiger partial charge in [0.25, 0.3) is 0 Å². The fourth-order valence-electron chi connectivity index (χ4n) is 2.44. The van der Waals surface area contributed by atoms with Crippen LogP contribution >= 0.6 is 0 Å². The van der Waals surface area contributed by atoms with Gasteiger partial charge in [-0.3, -0.25) is 0 Å². The number of hydrogen-bond donors (Lipinski definition) is 1. The Morgan fingerprint density at radius 1 is 1.29 bits per heavy atom. The van der Waals surface area contributed by atoms with E-state index in [0.717, 1.165) is 36.5 Å². The Kier molecular flexibility index (Phi) is 3.90. The monoisotopic (exact) mass is 285 g/mol. The third kappa shape index (κ3) is 3.07. The predicted octanol–water partition coefficient (Wildman–Crippen LogP) is 3.33. The second-order valence-electron chi connectivity index (χ2n) is 4.99. The number of rotatable bonds is 4. The molecule has 2 aromatic rings. The van der Waals surface area contributed by atoms with Crippen LogP contribution in [0.15, 0.2) is 24.3 Å². The van der Waals surface area contributed by atoms with Crippen LogP contribution in [0.1, 0.15) is 24.6 Å². The highest BCUT2D eigenvalue weighted by Crippen LogP contribution is 2.34. The van der Waals surface area contributed by atoms with Crippen molar-refractivity contribution in [3.05, 3.63) is 35.5 Å². The summed E-state index contributed by atoms with van der Waals surface area (Å²) in [6.45, 7) is 5.36. The standard InChI is InChI=1S/C16H19N3O2/c1-3-20-14-10-11(2)18-16(19-14)21-13-8-4-6-12-7-5-9-17-15(12)13/h4,6,8,10,17H,3,5,7,9H2,1-2H3. The molecule has 1 aliphatic rings. The average molecular weight is 285 g/mol. The zero-order valence-corrected chi connectivity index (χ0v) is 12.3. The van der Waals surface area contributed by atoms with Gasteiger partial charge in [-0.25, -0.2) is 0 Å². The van der Waals surface area contributed by atoms with Gasteiger partial charge in [0.2, 0.25) is 5.88 Å². The van der Waals surface area contributed by atoms with Crippen LogP contribution < -0.4 is 14.8 Å². The van der Waals surface area contributed by atoms with E-state index in [1.807, 2.05) is 26.0 Å². The zero-order chi connectivity index (χ0) is 14.7. The molecule has 0 fully saturated rings. The molecule has 0 amide bonds. The van der Waals surface area contributed by atoms with E-state index in [1.54, 1.807) is 6.07 Å². The molecule has 0 saturated heterocycles. The molecule has 1 aromatic heterocycles. The zero-order valence-electron chi connectivity index (χ0n) is 12.3. The lowest BCUT2D eigenvalue weighted by molar-refractivity contribution is 0.317. The van der Waals surface area contributed by atoms with Crippen molar-refractivity contribution in [2.75, 3.05) is 18.5 Å². The van der Waals surface area contributed by atoms with Gasteiger partial charge in [0.15, 0.2) is 5.75 Å². The molecule has 1 aliphatic heterocycles. The molecule has 0 saturated carbocycles. The van der Waals surface area contributed by atoms with Crippen LogP contribution in [-0.4, -0.2) is 23.1 Å². The lowest BCUT2D eigenvalue weighted by Gasteiger charge is -2.20. The van der Waals surface area contributed by atoms with Crippen LogP contribution in [0.2, 0.25) is 0 Å². The molecule has 21 heavy (non-hydrogen) atoms. The number of aromatic nitrogens is 2. The number of benzene rings is 1. The van der Waals surface area contributed by atoms with E-state index in [2.05, 4.69) is 21.4 Å². The maximum absolute atomic E-state index is 5.88. The highest BCUT2D eigenvalue weighted by molar-refractivity contribution is 5.63. The molecule has 0 atom stereocenters. The molecule has 0 bridgehead atoms. The molecule has 5 heteroatoms. The smallest absolute Gasteiger partial charge is 0.325 e. The first-order chi connectivity index (χ1) is 10.3. The summed E-state index contributed by atoms with van der Waals surface area (Å²) in [5.41, 5.74) is 3.14. The number of anilines is 1. The summed E-state index contributed by atoms with van der Waals surface area (Å²) in [5.74, 6) is 1.30. The van der Waals surface area contributed by atoms with E-state index in [1.165, 1.54) is 5.56 Å². The summed E-state index contributed by atoms with van der Waals surface area (Å²) in [6.07, 6.45) is 2.21. The molecule has 3 rings (SSSR count). The van der Waals surface area contributed by atoms with Crippen molar-refractivity contribution in [3.63, 3.8) is 0 Å². The Morgan fingerprint density at radius 3 is 3.05 bits per heavy atom. The normalized spacial score (nSPS) is 13.2. The van der Waals surface area contributed by atoms with Crippen molar-refractivity contribution in [3.8, 4) is 17.6 Å². The van der Waals surface area contributed by atoms with Crippen molar-refractivity contribution in [2.45, 2.75) is 26.7 Å². The van der Waals surface area contributed by atoms with Crippen LogP contribution in [0.4, 0.5) is 5.69 Å². The van der Waals surface area contributed by atoms with E-state index in [0.29, 0.717) is 18.5 Å². The number of nitrogens with zero attached hydrogens (tertiary/aromatic N) is 2. The second-order valence-corrected chi connectivity index (χ2v) is 4.99. The van der Waals surface area contributed by atoms with Crippen molar-refractivity contribution in [1.29, 1.82) is 0 Å². The number of fused-ring (bicyclic) bond motifs is 1. The Morgan fingerprint density at radius 2 is 2.19 bits per heavy atom. The number of aryl methyl sites for hydroxylation is 2. The van der Waals surface area contributed by atoms with E-state index >= 15 is 0 Å². The number of hydrogen-bond acceptors (Lipinski definition) is 5. The quantitative estimate of drug-likeness (QED) is 0.933. The Balaban J connectivity index is 1.90. The van der Waals surface area contributed by atoms with Crippen molar-refractivity contribution in [2.24, 2.45) is 0 Å². The van der Waals surface area contributed by atoms with Gasteiger partial charge in [-0.15, -0.1) is 0 Å². The van der Waals surface area contributed by atoms with Crippen LogP contribution in [0, 0.1) is 6.92 Å². The molecule has 0 radical (unpaired) electrons. The highest BCUT2D eigenvalue weighted by Gasteiger charge is 2.15. The third-order valence-electron chi connectivity index (χ3n) is 3.34. The van der Waals surface area contributed by atoms with Crippen molar-refractivity contribution in [1.82, 2.24) is 9.97 Å². The second kappa shape index (κ2) is 5.99. The number of ether oxygens (including phenoxy) is 2. The number of para-hydroxylation sites is 1. The molecule has 110 valence electrons. The Labute approximate surface area is 124 Å². The van der Waals surface area contributed by atoms with Gasteiger partial charge in [0.1, 0.15) is 0 Å². The maximum Gasteiger partial charge on any atom is 0.325 e. The van der Waals surface area contributed by atoms with Crippen LogP contribution in [0.25, 0.3) is 0 Å². The van der Waals surface area contributed by atoms with Gasteiger partial charge in [-0.05, 0) is 38.3 Å². The van der Waals surface area contributed by atoms with Crippen LogP contribution in [0.3, 0.4) is 0 Å². The lowest BCUT2D eigenvalue weighted by atomic mass is 10.0. The van der Waals surface area contributed by atoms with E-state index in [4.69, 9.17) is 9.47 Å². The Hall–Kier alpha value is -2.30. The molecule has 0 aliphatic carbocycles. The molecule has 1 aromatic carbocycles. The minimum atomic E-state index is 0.319. The topological polar surface area (TPSA) is 56.3 Å². The molecule has 0 unspecified atom stereocenters. The molecule has 1 N–H and O–H groups in total. The molecule has 0 spiro atoms. The number of nitrogens with one attached hydrogen (secondary N) is 1. The summed E-state index contributed by atoms with van der Waals surface area (Å²) in [5, 5.41) is 3.39. The van der Waals surface area contributed by atoms with Gasteiger partial charge in [0, 0.05) is 18.3 Å². The highest BCUT2D eigenvalue weighted by atomic mass is 16.5. The van der Waals surface area contributed by atoms with E-state index in [9.17, 15) is 0 Å². The SMILES string of the molecule is CCOc1cc(C)nc(Oc2cccc3c2NCCC3)n1. The molecule has 2 heterocycles. The van der Waals surface area contributed by atoms with Gasteiger partial charge in [-0.1, -0.05) is 12.1 Å². The van der Waals surface area contributed by atoms with E-state index < -0.39 is 0 Å². The predicted molar refractivity (Wildman–Crippen MR) is 81.3 cm³/mol. The van der Waals surface area contributed by atoms with Crippen molar-refractivity contribution < 1.29 is 9.47 Å². The summed E-state index contributed by atoms with van der Waals surface area (Å²) in [7, 11) is 0. The maximum atomic E-state index is 5.88. The lowest BCUT2D eigenvalue weighted by Crippen LogP contribution is -2.12. The molecular weight excluding hydrogens is 266 g/mol. The summed E-state index contributed by atoms with van der Waals surface area (Å²) >= 11 is 0. The minimum absolute atomic E-state index is 0.319. The minimum Gasteiger partial charge on any atom is -0.478 e. The summed E-state index contributed by atoms with van der Waals surface area (Å²) in [6, 6.07) is 8.18. The third-order valence-corrected chi connectivity index (χ3v) is 3.34. The largest absolute Gasteiger partial charge is 0.478 e. The first kappa shape index (κ1) is 13.7. The van der Waals surface area contributed by atoms with Gasteiger partial charge in [-0.2, -0.15) is 9.97 Å². The first-order valence-electron chi connectivity index (χ1n) is 7.28. The fourth-order valence-corrected chi connectivity index (χ4v) is 2.44. The van der Waals surface area contributed by atoms with Gasteiger partial charge >= 0.3 is 6.01 Å². The van der Waals surface area contributed by atoms with Crippen molar-refractivity contribution >= 4 is 5.69 Å². The van der Waals surface area contributed by atoms with Gasteiger partial charge < -0.3 is 14.8 Å². The van der Waals surface area contributed by atoms with E-state index in [-0.39, 0.29) is 0 Å². The van der Waals surface area contributed by atoms with Crippen LogP contribution in [-0.2, 0) is 6.42 Å². The molecular formula is C16H19N3O2. The summed E-state index contributed by atoms with van der Waals surface area (Å²) < 4.78 is 11.3. The fraction of sp³-hybridized carbons (Fsp3) is 0.375.